The van der Waals surface area contributed by atoms with Crippen LogP contribution in [-0.4, -0.2) is 62.7 Å². The van der Waals surface area contributed by atoms with E-state index in [2.05, 4.69) is 49.5 Å². The highest BCUT2D eigenvalue weighted by Crippen LogP contribution is 2.20. The van der Waals surface area contributed by atoms with Crippen LogP contribution in [0.4, 0.5) is 0 Å². The van der Waals surface area contributed by atoms with E-state index in [0.717, 1.165) is 26.1 Å². The summed E-state index contributed by atoms with van der Waals surface area (Å²) in [5, 5.41) is 5.56. The summed E-state index contributed by atoms with van der Waals surface area (Å²) in [6.45, 7) is 8.22. The highest BCUT2D eigenvalue weighted by atomic mass is 79.9. The molecule has 0 radical (unpaired) electrons. The minimum absolute atomic E-state index is 1.15. The molecule has 5 heteroatoms. The third-order valence-corrected chi connectivity index (χ3v) is 5.13. The average molecular weight is 332 g/mol. The summed E-state index contributed by atoms with van der Waals surface area (Å²) in [5.74, 6) is 0. The molecule has 2 heterocycles. The van der Waals surface area contributed by atoms with Crippen LogP contribution in [0.25, 0.3) is 0 Å². The van der Waals surface area contributed by atoms with E-state index in [1.165, 1.54) is 35.5 Å². The molecule has 0 amide bonds. The zero-order chi connectivity index (χ0) is 12.8. The van der Waals surface area contributed by atoms with Crippen molar-refractivity contribution in [3.05, 3.63) is 20.8 Å². The van der Waals surface area contributed by atoms with Crippen LogP contribution in [0.5, 0.6) is 0 Å². The molecule has 0 spiro atoms. The largest absolute Gasteiger partial charge is 0.314 e. The number of nitrogens with zero attached hydrogens (tertiary/aromatic N) is 2. The van der Waals surface area contributed by atoms with Crippen LogP contribution >= 0.6 is 27.3 Å². The molecule has 1 aromatic rings. The molecule has 0 atom stereocenters. The molecule has 3 nitrogen and oxygen atoms in total. The number of rotatable bonds is 6. The molecule has 1 N–H and O–H groups in total. The van der Waals surface area contributed by atoms with E-state index in [4.69, 9.17) is 0 Å². The molecule has 0 aliphatic carbocycles. The number of halogens is 1. The maximum absolute atomic E-state index is 3.51. The fraction of sp³-hybridized carbons (Fsp3) is 0.692. The van der Waals surface area contributed by atoms with Crippen LogP contribution in [0.3, 0.4) is 0 Å². The van der Waals surface area contributed by atoms with Gasteiger partial charge in [0.05, 0.1) is 0 Å². The van der Waals surface area contributed by atoms with Gasteiger partial charge in [-0.15, -0.1) is 11.3 Å². The van der Waals surface area contributed by atoms with Gasteiger partial charge >= 0.3 is 0 Å². The van der Waals surface area contributed by atoms with Gasteiger partial charge in [-0.05, 0) is 35.5 Å². The van der Waals surface area contributed by atoms with Gasteiger partial charge in [-0.2, -0.15) is 0 Å². The Kier molecular flexibility index (Phi) is 6.11. The molecule has 0 aromatic carbocycles. The minimum atomic E-state index is 1.15. The van der Waals surface area contributed by atoms with E-state index < -0.39 is 0 Å². The third-order valence-electron chi connectivity index (χ3n) is 3.37. The Balaban J connectivity index is 1.61. The number of hydrogen-bond donors (Lipinski definition) is 1. The van der Waals surface area contributed by atoms with Crippen molar-refractivity contribution in [2.45, 2.75) is 6.42 Å². The second kappa shape index (κ2) is 7.60. The summed E-state index contributed by atoms with van der Waals surface area (Å²) >= 11 is 5.35. The molecule has 1 aliphatic rings. The van der Waals surface area contributed by atoms with Gasteiger partial charge in [0.15, 0.2) is 0 Å². The van der Waals surface area contributed by atoms with Crippen molar-refractivity contribution in [3.8, 4) is 0 Å². The summed E-state index contributed by atoms with van der Waals surface area (Å²) in [5.41, 5.74) is 0. The van der Waals surface area contributed by atoms with E-state index in [1.807, 2.05) is 11.3 Å². The van der Waals surface area contributed by atoms with Crippen molar-refractivity contribution in [2.24, 2.45) is 0 Å². The fourth-order valence-electron chi connectivity index (χ4n) is 2.14. The number of likely N-dealkylation sites (N-methyl/N-ethyl adjacent to an activating group) is 1. The van der Waals surface area contributed by atoms with Crippen LogP contribution in [-0.2, 0) is 6.42 Å². The van der Waals surface area contributed by atoms with Crippen LogP contribution in [0.15, 0.2) is 15.9 Å². The normalized spacial score (nSPS) is 17.5. The summed E-state index contributed by atoms with van der Waals surface area (Å²) in [6.07, 6.45) is 1.16. The predicted molar refractivity (Wildman–Crippen MR) is 82.5 cm³/mol. The Bertz CT molecular complexity index is 350. The summed E-state index contributed by atoms with van der Waals surface area (Å²) < 4.78 is 1.21. The Morgan fingerprint density at radius 1 is 1.39 bits per heavy atom. The topological polar surface area (TPSA) is 18.5 Å². The monoisotopic (exact) mass is 331 g/mol. The Labute approximate surface area is 122 Å². The summed E-state index contributed by atoms with van der Waals surface area (Å²) in [7, 11) is 2.23. The van der Waals surface area contributed by atoms with E-state index in [1.54, 1.807) is 0 Å². The zero-order valence-corrected chi connectivity index (χ0v) is 13.4. The van der Waals surface area contributed by atoms with Crippen molar-refractivity contribution in [1.29, 1.82) is 0 Å². The van der Waals surface area contributed by atoms with Crippen LogP contribution in [0.1, 0.15) is 4.88 Å². The Morgan fingerprint density at radius 2 is 2.17 bits per heavy atom. The van der Waals surface area contributed by atoms with E-state index in [-0.39, 0.29) is 0 Å². The second-order valence-corrected chi connectivity index (χ2v) is 6.79. The fourth-order valence-corrected chi connectivity index (χ4v) is 3.59. The Morgan fingerprint density at radius 3 is 2.83 bits per heavy atom. The van der Waals surface area contributed by atoms with E-state index in [9.17, 15) is 0 Å². The molecule has 1 fully saturated rings. The molecule has 18 heavy (non-hydrogen) atoms. The average Bonchev–Trinajstić information content (AvgIpc) is 2.81. The maximum Gasteiger partial charge on any atom is 0.0285 e. The lowest BCUT2D eigenvalue weighted by Crippen LogP contribution is -2.46. The molecule has 0 saturated carbocycles. The van der Waals surface area contributed by atoms with E-state index >= 15 is 0 Å². The van der Waals surface area contributed by atoms with Gasteiger partial charge in [-0.25, -0.2) is 0 Å². The first-order valence-corrected chi connectivity index (χ1v) is 8.26. The lowest BCUT2D eigenvalue weighted by Gasteiger charge is -2.29. The molecular weight excluding hydrogens is 310 g/mol. The van der Waals surface area contributed by atoms with Gasteiger partial charge < -0.3 is 10.2 Å². The molecule has 1 aromatic heterocycles. The van der Waals surface area contributed by atoms with Crippen molar-refractivity contribution in [1.82, 2.24) is 15.1 Å². The highest BCUT2D eigenvalue weighted by Gasteiger charge is 2.10. The van der Waals surface area contributed by atoms with E-state index in [0.29, 0.717) is 0 Å². The standard InChI is InChI=1S/C13H22BrN3S/c1-16(5-2-13-10-12(14)11-18-13)8-9-17-6-3-15-4-7-17/h10-11,15H,2-9H2,1H3. The first-order valence-electron chi connectivity index (χ1n) is 6.58. The number of piperazine rings is 1. The smallest absolute Gasteiger partial charge is 0.0285 e. The first kappa shape index (κ1) is 14.5. The molecule has 102 valence electrons. The SMILES string of the molecule is CN(CCc1cc(Br)cs1)CCN1CCNCC1. The number of nitrogens with one attached hydrogen (secondary N) is 1. The van der Waals surface area contributed by atoms with Gasteiger partial charge in [-0.3, -0.25) is 4.90 Å². The van der Waals surface area contributed by atoms with Gasteiger partial charge in [0.2, 0.25) is 0 Å². The highest BCUT2D eigenvalue weighted by molar-refractivity contribution is 9.10. The van der Waals surface area contributed by atoms with Crippen molar-refractivity contribution >= 4 is 27.3 Å². The Hall–Kier alpha value is 0.0600. The zero-order valence-electron chi connectivity index (χ0n) is 11.0. The lowest BCUT2D eigenvalue weighted by molar-refractivity contribution is 0.206. The van der Waals surface area contributed by atoms with Gasteiger partial charge in [0.1, 0.15) is 0 Å². The quantitative estimate of drug-likeness (QED) is 0.858. The second-order valence-electron chi connectivity index (χ2n) is 4.88. The van der Waals surface area contributed by atoms with Crippen LogP contribution < -0.4 is 5.32 Å². The number of thiophene rings is 1. The van der Waals surface area contributed by atoms with Crippen molar-refractivity contribution in [2.75, 3.05) is 52.9 Å². The van der Waals surface area contributed by atoms with Crippen LogP contribution in [0, 0.1) is 0 Å². The molecule has 0 bridgehead atoms. The summed E-state index contributed by atoms with van der Waals surface area (Å²) in [6, 6.07) is 2.23. The van der Waals surface area contributed by atoms with Crippen LogP contribution in [0.2, 0.25) is 0 Å². The molecule has 2 rings (SSSR count). The predicted octanol–water partition coefficient (Wildman–Crippen LogP) is 1.89. The lowest BCUT2D eigenvalue weighted by atomic mass is 10.3. The number of hydrogen-bond acceptors (Lipinski definition) is 4. The van der Waals surface area contributed by atoms with Gasteiger partial charge in [0.25, 0.3) is 0 Å². The molecule has 1 saturated heterocycles. The van der Waals surface area contributed by atoms with Crippen molar-refractivity contribution < 1.29 is 0 Å². The first-order chi connectivity index (χ1) is 8.74. The maximum atomic E-state index is 3.51. The minimum Gasteiger partial charge on any atom is -0.314 e. The molecule has 1 aliphatic heterocycles. The van der Waals surface area contributed by atoms with Gasteiger partial charge in [0, 0.05) is 60.5 Å². The molecular formula is C13H22BrN3S. The third kappa shape index (κ3) is 4.97. The van der Waals surface area contributed by atoms with Gasteiger partial charge in [-0.1, -0.05) is 0 Å². The van der Waals surface area contributed by atoms with Crippen molar-refractivity contribution in [3.63, 3.8) is 0 Å². The molecule has 0 unspecified atom stereocenters. The summed E-state index contributed by atoms with van der Waals surface area (Å²) in [4.78, 5) is 6.46.